The average molecular weight is 188 g/mol. The molecule has 0 spiro atoms. The molecule has 0 aromatic carbocycles. The fourth-order valence-corrected chi connectivity index (χ4v) is 1.01. The highest BCUT2D eigenvalue weighted by atomic mass is 16.6. The summed E-state index contributed by atoms with van der Waals surface area (Å²) in [5.74, 6) is -0.104. The lowest BCUT2D eigenvalue weighted by Crippen LogP contribution is -2.09. The van der Waals surface area contributed by atoms with Crippen LogP contribution in [0.5, 0.6) is 0 Å². The lowest BCUT2D eigenvalue weighted by atomic mass is 10.2. The van der Waals surface area contributed by atoms with Gasteiger partial charge < -0.3 is 9.47 Å². The molecule has 0 fully saturated rings. The van der Waals surface area contributed by atoms with Crippen molar-refractivity contribution in [3.63, 3.8) is 0 Å². The summed E-state index contributed by atoms with van der Waals surface area (Å²) in [6.45, 7) is 3.01. The molecule has 0 N–H and O–H groups in total. The number of hydrogen-bond donors (Lipinski definition) is 0. The second-order valence-corrected chi connectivity index (χ2v) is 3.02. The molecular formula is C10H20O3. The Hall–Kier alpha value is -0.570. The summed E-state index contributed by atoms with van der Waals surface area (Å²) in [5, 5.41) is 0. The van der Waals surface area contributed by atoms with E-state index in [1.807, 2.05) is 0 Å². The van der Waals surface area contributed by atoms with Crippen LogP contribution in [0.25, 0.3) is 0 Å². The normalized spacial score (nSPS) is 10.0. The van der Waals surface area contributed by atoms with Crippen LogP contribution < -0.4 is 0 Å². The highest BCUT2D eigenvalue weighted by Gasteiger charge is 2.01. The largest absolute Gasteiger partial charge is 0.463 e. The van der Waals surface area contributed by atoms with Gasteiger partial charge in [0.15, 0.2) is 0 Å². The number of carbonyl (C=O) groups is 1. The molecule has 3 nitrogen and oxygen atoms in total. The Morgan fingerprint density at radius 2 is 1.92 bits per heavy atom. The topological polar surface area (TPSA) is 35.5 Å². The van der Waals surface area contributed by atoms with Crippen molar-refractivity contribution in [1.29, 1.82) is 0 Å². The maximum Gasteiger partial charge on any atom is 0.305 e. The molecular weight excluding hydrogens is 168 g/mol. The molecule has 0 rings (SSSR count). The van der Waals surface area contributed by atoms with Crippen molar-refractivity contribution in [2.24, 2.45) is 0 Å². The van der Waals surface area contributed by atoms with E-state index in [0.717, 1.165) is 12.8 Å². The van der Waals surface area contributed by atoms with Crippen molar-refractivity contribution in [1.82, 2.24) is 0 Å². The molecule has 0 unspecified atom stereocenters. The van der Waals surface area contributed by atoms with Crippen molar-refractivity contribution in [2.75, 3.05) is 20.3 Å². The van der Waals surface area contributed by atoms with Gasteiger partial charge in [-0.2, -0.15) is 0 Å². The number of hydrogen-bond acceptors (Lipinski definition) is 3. The van der Waals surface area contributed by atoms with Crippen LogP contribution in [0.15, 0.2) is 0 Å². The summed E-state index contributed by atoms with van der Waals surface area (Å²) in [6, 6.07) is 0. The Bertz CT molecular complexity index is 123. The number of methoxy groups -OCH3 is 1. The predicted molar refractivity (Wildman–Crippen MR) is 51.6 cm³/mol. The maximum atomic E-state index is 11.0. The van der Waals surface area contributed by atoms with Gasteiger partial charge in [-0.05, 0) is 6.42 Å². The first-order chi connectivity index (χ1) is 6.31. The monoisotopic (exact) mass is 188 g/mol. The molecule has 0 aliphatic heterocycles. The minimum atomic E-state index is -0.104. The van der Waals surface area contributed by atoms with Crippen molar-refractivity contribution >= 4 is 5.97 Å². The lowest BCUT2D eigenvalue weighted by molar-refractivity contribution is -0.145. The van der Waals surface area contributed by atoms with Gasteiger partial charge in [0, 0.05) is 13.5 Å². The molecule has 0 aliphatic rings. The molecule has 0 saturated carbocycles. The van der Waals surface area contributed by atoms with Crippen LogP contribution in [0, 0.1) is 0 Å². The van der Waals surface area contributed by atoms with Gasteiger partial charge in [0.25, 0.3) is 0 Å². The van der Waals surface area contributed by atoms with Gasteiger partial charge in [-0.1, -0.05) is 26.2 Å². The summed E-state index contributed by atoms with van der Waals surface area (Å²) in [6.07, 6.45) is 5.00. The third-order valence-electron chi connectivity index (χ3n) is 1.78. The van der Waals surface area contributed by atoms with E-state index in [0.29, 0.717) is 19.6 Å². The fraction of sp³-hybridized carbons (Fsp3) is 0.900. The van der Waals surface area contributed by atoms with E-state index in [4.69, 9.17) is 9.47 Å². The fourth-order valence-electron chi connectivity index (χ4n) is 1.01. The quantitative estimate of drug-likeness (QED) is 0.432. The molecule has 13 heavy (non-hydrogen) atoms. The van der Waals surface area contributed by atoms with Gasteiger partial charge in [-0.15, -0.1) is 0 Å². The lowest BCUT2D eigenvalue weighted by Gasteiger charge is -2.03. The molecule has 0 amide bonds. The number of esters is 1. The maximum absolute atomic E-state index is 11.0. The van der Waals surface area contributed by atoms with Gasteiger partial charge in [0.05, 0.1) is 6.61 Å². The Balaban J connectivity index is 3.11. The zero-order chi connectivity index (χ0) is 9.94. The first-order valence-electron chi connectivity index (χ1n) is 4.95. The molecule has 0 heterocycles. The minimum absolute atomic E-state index is 0.104. The SMILES string of the molecule is CCCCCCC(=O)OCCOC. The standard InChI is InChI=1S/C10H20O3/c1-3-4-5-6-7-10(11)13-9-8-12-2/h3-9H2,1-2H3. The van der Waals surface area contributed by atoms with Gasteiger partial charge in [-0.3, -0.25) is 4.79 Å². The predicted octanol–water partition coefficient (Wildman–Crippen LogP) is 2.15. The van der Waals surface area contributed by atoms with Crippen molar-refractivity contribution in [3.05, 3.63) is 0 Å². The van der Waals surface area contributed by atoms with Crippen LogP contribution in [0.4, 0.5) is 0 Å². The van der Waals surface area contributed by atoms with E-state index in [2.05, 4.69) is 6.92 Å². The van der Waals surface area contributed by atoms with Crippen molar-refractivity contribution in [2.45, 2.75) is 39.0 Å². The first-order valence-corrected chi connectivity index (χ1v) is 4.95. The van der Waals surface area contributed by atoms with Gasteiger partial charge >= 0.3 is 5.97 Å². The molecule has 0 aliphatic carbocycles. The second kappa shape index (κ2) is 9.52. The van der Waals surface area contributed by atoms with Crippen LogP contribution >= 0.6 is 0 Å². The first kappa shape index (κ1) is 12.4. The number of ether oxygens (including phenoxy) is 2. The van der Waals surface area contributed by atoms with Gasteiger partial charge in [0.1, 0.15) is 6.61 Å². The number of unbranched alkanes of at least 4 members (excludes halogenated alkanes) is 3. The van der Waals surface area contributed by atoms with E-state index in [1.165, 1.54) is 12.8 Å². The Morgan fingerprint density at radius 1 is 1.15 bits per heavy atom. The molecule has 0 saturated heterocycles. The summed E-state index contributed by atoms with van der Waals surface area (Å²) >= 11 is 0. The van der Waals surface area contributed by atoms with E-state index < -0.39 is 0 Å². The summed E-state index contributed by atoms with van der Waals surface area (Å²) in [4.78, 5) is 11.0. The van der Waals surface area contributed by atoms with E-state index in [9.17, 15) is 4.79 Å². The van der Waals surface area contributed by atoms with Crippen LogP contribution in [-0.4, -0.2) is 26.3 Å². The second-order valence-electron chi connectivity index (χ2n) is 3.02. The van der Waals surface area contributed by atoms with Crippen LogP contribution in [-0.2, 0) is 14.3 Å². The highest BCUT2D eigenvalue weighted by molar-refractivity contribution is 5.69. The molecule has 0 atom stereocenters. The highest BCUT2D eigenvalue weighted by Crippen LogP contribution is 2.03. The van der Waals surface area contributed by atoms with Crippen LogP contribution in [0.3, 0.4) is 0 Å². The molecule has 0 aromatic rings. The van der Waals surface area contributed by atoms with Gasteiger partial charge in [0.2, 0.25) is 0 Å². The van der Waals surface area contributed by atoms with E-state index >= 15 is 0 Å². The summed E-state index contributed by atoms with van der Waals surface area (Å²) in [5.41, 5.74) is 0. The average Bonchev–Trinajstić information content (AvgIpc) is 2.13. The zero-order valence-corrected chi connectivity index (χ0v) is 8.67. The van der Waals surface area contributed by atoms with Crippen molar-refractivity contribution < 1.29 is 14.3 Å². The Morgan fingerprint density at radius 3 is 2.54 bits per heavy atom. The number of rotatable bonds is 8. The molecule has 3 heteroatoms. The minimum Gasteiger partial charge on any atom is -0.463 e. The van der Waals surface area contributed by atoms with Crippen LogP contribution in [0.1, 0.15) is 39.0 Å². The molecule has 0 aromatic heterocycles. The van der Waals surface area contributed by atoms with E-state index in [1.54, 1.807) is 7.11 Å². The number of carbonyl (C=O) groups excluding carboxylic acids is 1. The van der Waals surface area contributed by atoms with Crippen LogP contribution in [0.2, 0.25) is 0 Å². The molecule has 78 valence electrons. The van der Waals surface area contributed by atoms with Crippen molar-refractivity contribution in [3.8, 4) is 0 Å². The smallest absolute Gasteiger partial charge is 0.305 e. The zero-order valence-electron chi connectivity index (χ0n) is 8.67. The third-order valence-corrected chi connectivity index (χ3v) is 1.78. The molecule has 0 bridgehead atoms. The Kier molecular flexibility index (Phi) is 9.10. The Labute approximate surface area is 80.4 Å². The van der Waals surface area contributed by atoms with E-state index in [-0.39, 0.29) is 5.97 Å². The molecule has 0 radical (unpaired) electrons. The van der Waals surface area contributed by atoms with Gasteiger partial charge in [-0.25, -0.2) is 0 Å². The summed E-state index contributed by atoms with van der Waals surface area (Å²) < 4.78 is 9.66. The summed E-state index contributed by atoms with van der Waals surface area (Å²) in [7, 11) is 1.59. The third kappa shape index (κ3) is 9.34.